The van der Waals surface area contributed by atoms with Crippen LogP contribution in [-0.2, 0) is 19.5 Å². The molecule has 0 unspecified atom stereocenters. The third-order valence-corrected chi connectivity index (χ3v) is 3.46. The van der Waals surface area contributed by atoms with Gasteiger partial charge in [0.1, 0.15) is 0 Å². The van der Waals surface area contributed by atoms with Gasteiger partial charge in [0.25, 0.3) is 0 Å². The maximum absolute atomic E-state index is 2.19. The summed E-state index contributed by atoms with van der Waals surface area (Å²) in [5.74, 6) is 0. The zero-order chi connectivity index (χ0) is 10.8. The van der Waals surface area contributed by atoms with Gasteiger partial charge >= 0.3 is 0 Å². The normalized spacial score (nSPS) is 8.61. The van der Waals surface area contributed by atoms with Crippen LogP contribution < -0.4 is 4.90 Å². The van der Waals surface area contributed by atoms with Crippen molar-refractivity contribution in [3.8, 4) is 10.4 Å². The Balaban J connectivity index is 0. The van der Waals surface area contributed by atoms with Crippen LogP contribution in [0.5, 0.6) is 0 Å². The van der Waals surface area contributed by atoms with E-state index in [1.54, 1.807) is 0 Å². The van der Waals surface area contributed by atoms with Crippen molar-refractivity contribution in [3.63, 3.8) is 0 Å². The van der Waals surface area contributed by atoms with E-state index in [0.717, 1.165) is 0 Å². The molecule has 1 heterocycles. The summed E-state index contributed by atoms with van der Waals surface area (Å²) in [4.78, 5) is 4.82. The van der Waals surface area contributed by atoms with Crippen LogP contribution in [-0.4, -0.2) is 14.1 Å². The van der Waals surface area contributed by atoms with Gasteiger partial charge in [0.2, 0.25) is 0 Å². The summed E-state index contributed by atoms with van der Waals surface area (Å²) in [5, 5.41) is 0. The van der Waals surface area contributed by atoms with E-state index in [9.17, 15) is 0 Å². The molecule has 0 atom stereocenters. The average Bonchev–Trinajstić information content (AvgIpc) is 2.65. The smallest absolute Gasteiger partial charge is 0.0361 e. The van der Waals surface area contributed by atoms with Crippen molar-refractivity contribution in [1.82, 2.24) is 0 Å². The molecule has 2 rings (SSSR count). The van der Waals surface area contributed by atoms with Crippen molar-refractivity contribution in [1.29, 1.82) is 0 Å². The van der Waals surface area contributed by atoms with Crippen molar-refractivity contribution < 1.29 is 19.5 Å². The molecule has 3 heteroatoms. The van der Waals surface area contributed by atoms with Gasteiger partial charge in [0.05, 0.1) is 0 Å². The van der Waals surface area contributed by atoms with E-state index in [4.69, 9.17) is 0 Å². The van der Waals surface area contributed by atoms with Crippen molar-refractivity contribution in [3.05, 3.63) is 48.7 Å². The minimum Gasteiger partial charge on any atom is -0.378 e. The monoisotopic (exact) mass is 351 g/mol. The fourth-order valence-corrected chi connectivity index (χ4v) is 2.39. The van der Waals surface area contributed by atoms with Crippen molar-refractivity contribution in [2.75, 3.05) is 19.0 Å². The van der Waals surface area contributed by atoms with E-state index in [2.05, 4.69) is 62.3 Å². The van der Waals surface area contributed by atoms with E-state index in [-0.39, 0.29) is 34.3 Å². The summed E-state index contributed by atoms with van der Waals surface area (Å²) in [6.45, 7) is 2.14. The third-order valence-electron chi connectivity index (χ3n) is 2.41. The molecule has 0 bridgehead atoms. The van der Waals surface area contributed by atoms with E-state index in [1.807, 2.05) is 11.3 Å². The van der Waals surface area contributed by atoms with Crippen LogP contribution in [0.3, 0.4) is 0 Å². The van der Waals surface area contributed by atoms with Crippen molar-refractivity contribution in [2.45, 2.75) is 14.4 Å². The van der Waals surface area contributed by atoms with E-state index in [1.165, 1.54) is 21.0 Å². The SMILES string of the molecule is C.Cc1ccc(-c2ccc(N(C)C)cc2)s1.[CH3-].[Rh]. The van der Waals surface area contributed by atoms with Gasteiger partial charge in [-0.05, 0) is 36.8 Å². The molecule has 0 spiro atoms. The van der Waals surface area contributed by atoms with Gasteiger partial charge in [-0.3, -0.25) is 0 Å². The summed E-state index contributed by atoms with van der Waals surface area (Å²) in [6, 6.07) is 13.0. The standard InChI is InChI=1S/C13H15NS.CH4.CH3.Rh/c1-10-4-9-13(15-10)11-5-7-12(8-6-11)14(2)3;;;/h4-9H,1-3H3;1H4;1H3;/q;;-1;. The Labute approximate surface area is 129 Å². The number of nitrogens with zero attached hydrogens (tertiary/aromatic N) is 1. The molecule has 0 fully saturated rings. The molecule has 0 saturated carbocycles. The topological polar surface area (TPSA) is 3.24 Å². The fourth-order valence-electron chi connectivity index (χ4n) is 1.51. The largest absolute Gasteiger partial charge is 0.378 e. The average molecular weight is 351 g/mol. The molecular formula is C15H22NRhS-. The second-order valence-corrected chi connectivity index (χ2v) is 5.14. The van der Waals surface area contributed by atoms with Crippen LogP contribution in [0.25, 0.3) is 10.4 Å². The zero-order valence-corrected chi connectivity index (χ0v) is 13.1. The molecule has 1 aromatic heterocycles. The van der Waals surface area contributed by atoms with Gasteiger partial charge in [0, 0.05) is 49.0 Å². The Kier molecular flexibility index (Phi) is 9.23. The third kappa shape index (κ3) is 4.55. The van der Waals surface area contributed by atoms with E-state index < -0.39 is 0 Å². The molecule has 1 aromatic carbocycles. The van der Waals surface area contributed by atoms with Crippen molar-refractivity contribution in [2.24, 2.45) is 0 Å². The number of hydrogen-bond donors (Lipinski definition) is 0. The summed E-state index contributed by atoms with van der Waals surface area (Å²) < 4.78 is 0. The molecular weight excluding hydrogens is 329 g/mol. The molecule has 0 amide bonds. The number of aryl methyl sites for hydroxylation is 1. The van der Waals surface area contributed by atoms with Gasteiger partial charge in [-0.25, -0.2) is 0 Å². The van der Waals surface area contributed by atoms with Crippen LogP contribution in [0.15, 0.2) is 36.4 Å². The zero-order valence-electron chi connectivity index (χ0n) is 10.7. The van der Waals surface area contributed by atoms with Gasteiger partial charge in [0.15, 0.2) is 0 Å². The summed E-state index contributed by atoms with van der Waals surface area (Å²) in [5.41, 5.74) is 2.55. The van der Waals surface area contributed by atoms with Crippen LogP contribution in [0.2, 0.25) is 0 Å². The van der Waals surface area contributed by atoms with Gasteiger partial charge in [-0.1, -0.05) is 19.6 Å². The predicted molar refractivity (Wildman–Crippen MR) is 82.0 cm³/mol. The quantitative estimate of drug-likeness (QED) is 0.551. The Morgan fingerprint density at radius 3 is 1.89 bits per heavy atom. The molecule has 0 N–H and O–H groups in total. The molecule has 1 radical (unpaired) electrons. The number of rotatable bonds is 2. The minimum absolute atomic E-state index is 0. The Morgan fingerprint density at radius 2 is 1.50 bits per heavy atom. The number of anilines is 1. The summed E-state index contributed by atoms with van der Waals surface area (Å²) in [7, 11) is 4.12. The molecule has 0 saturated heterocycles. The van der Waals surface area contributed by atoms with Gasteiger partial charge < -0.3 is 12.3 Å². The number of thiophene rings is 1. The van der Waals surface area contributed by atoms with Crippen molar-refractivity contribution >= 4 is 17.0 Å². The number of benzene rings is 1. The van der Waals surface area contributed by atoms with Gasteiger partial charge in [-0.2, -0.15) is 0 Å². The van der Waals surface area contributed by atoms with E-state index >= 15 is 0 Å². The van der Waals surface area contributed by atoms with Gasteiger partial charge in [-0.15, -0.1) is 11.3 Å². The Hall–Kier alpha value is -0.657. The molecule has 1 nitrogen and oxygen atoms in total. The van der Waals surface area contributed by atoms with Crippen LogP contribution in [0.4, 0.5) is 5.69 Å². The molecule has 0 aliphatic heterocycles. The molecule has 0 aliphatic carbocycles. The number of hydrogen-bond acceptors (Lipinski definition) is 2. The first-order valence-electron chi connectivity index (χ1n) is 5.01. The van der Waals surface area contributed by atoms with Crippen LogP contribution in [0.1, 0.15) is 12.3 Å². The molecule has 2 aromatic rings. The van der Waals surface area contributed by atoms with Crippen LogP contribution in [0, 0.1) is 14.4 Å². The molecule has 18 heavy (non-hydrogen) atoms. The Morgan fingerprint density at radius 1 is 0.944 bits per heavy atom. The van der Waals surface area contributed by atoms with Crippen LogP contribution >= 0.6 is 11.3 Å². The maximum Gasteiger partial charge on any atom is 0.0361 e. The minimum atomic E-state index is 0. The summed E-state index contributed by atoms with van der Waals surface area (Å²) in [6.07, 6.45) is 0. The summed E-state index contributed by atoms with van der Waals surface area (Å²) >= 11 is 1.84. The molecule has 0 aliphatic rings. The first-order valence-corrected chi connectivity index (χ1v) is 5.82. The first-order chi connectivity index (χ1) is 7.16. The van der Waals surface area contributed by atoms with E-state index in [0.29, 0.717) is 0 Å². The Bertz CT molecular complexity index is 446. The first kappa shape index (κ1) is 19.7. The fraction of sp³-hybridized carbons (Fsp3) is 0.267. The molecule has 103 valence electrons. The predicted octanol–water partition coefficient (Wildman–Crippen LogP) is 4.87. The second-order valence-electron chi connectivity index (χ2n) is 3.85. The maximum atomic E-state index is 2.19. The second kappa shape index (κ2) is 8.45.